The molecule has 0 bridgehead atoms. The summed E-state index contributed by atoms with van der Waals surface area (Å²) in [4.78, 5) is 0. The molecule has 2 nitrogen and oxygen atoms in total. The fourth-order valence-corrected chi connectivity index (χ4v) is 2.39. The van der Waals surface area contributed by atoms with Gasteiger partial charge in [0.25, 0.3) is 0 Å². The van der Waals surface area contributed by atoms with Crippen molar-refractivity contribution in [1.29, 1.82) is 0 Å². The number of rotatable bonds is 4. The summed E-state index contributed by atoms with van der Waals surface area (Å²) in [6, 6.07) is 13.3. The van der Waals surface area contributed by atoms with Crippen LogP contribution in [0.15, 0.2) is 42.5 Å². The monoisotopic (exact) mass is 275 g/mol. The van der Waals surface area contributed by atoms with E-state index in [1.807, 2.05) is 43.3 Å². The molecule has 3 heteroatoms. The lowest BCUT2D eigenvalue weighted by Crippen LogP contribution is -2.10. The minimum Gasteiger partial charge on any atom is -0.508 e. The Labute approximate surface area is 119 Å². The Balaban J connectivity index is 2.27. The Morgan fingerprint density at radius 3 is 2.58 bits per heavy atom. The number of benzene rings is 2. The number of hydrogen-bond acceptors (Lipinski definition) is 2. The van der Waals surface area contributed by atoms with Crippen molar-refractivity contribution < 1.29 is 5.11 Å². The number of hydrogen-bond donors (Lipinski definition) is 2. The normalized spacial score (nSPS) is 12.2. The van der Waals surface area contributed by atoms with Crippen LogP contribution in [0.1, 0.15) is 30.5 Å². The second-order valence-electron chi connectivity index (χ2n) is 4.62. The first-order chi connectivity index (χ1) is 9.11. The summed E-state index contributed by atoms with van der Waals surface area (Å²) in [5.41, 5.74) is 3.06. The Morgan fingerprint density at radius 2 is 1.95 bits per heavy atom. The molecule has 2 aromatic rings. The molecule has 100 valence electrons. The maximum atomic E-state index is 9.94. The van der Waals surface area contributed by atoms with Crippen LogP contribution in [0, 0.1) is 6.92 Å². The third-order valence-electron chi connectivity index (χ3n) is 3.24. The molecule has 0 radical (unpaired) electrons. The smallest absolute Gasteiger partial charge is 0.120 e. The summed E-state index contributed by atoms with van der Waals surface area (Å²) in [6.45, 7) is 4.11. The van der Waals surface area contributed by atoms with E-state index in [9.17, 15) is 5.11 Å². The third-order valence-corrected chi connectivity index (χ3v) is 3.47. The van der Waals surface area contributed by atoms with Crippen LogP contribution >= 0.6 is 11.6 Å². The van der Waals surface area contributed by atoms with Crippen LogP contribution in [0.5, 0.6) is 5.75 Å². The number of aryl methyl sites for hydroxylation is 1. The van der Waals surface area contributed by atoms with E-state index in [-0.39, 0.29) is 6.04 Å². The molecule has 0 saturated carbocycles. The average Bonchev–Trinajstić information content (AvgIpc) is 2.39. The minimum absolute atomic E-state index is 0.0843. The zero-order valence-electron chi connectivity index (χ0n) is 11.2. The molecule has 19 heavy (non-hydrogen) atoms. The molecule has 2 N–H and O–H groups in total. The van der Waals surface area contributed by atoms with Crippen LogP contribution in [0.3, 0.4) is 0 Å². The summed E-state index contributed by atoms with van der Waals surface area (Å²) < 4.78 is 0. The van der Waals surface area contributed by atoms with E-state index in [1.54, 1.807) is 6.07 Å². The Hall–Kier alpha value is -1.67. The lowest BCUT2D eigenvalue weighted by molar-refractivity contribution is 0.462. The van der Waals surface area contributed by atoms with Crippen molar-refractivity contribution in [2.24, 2.45) is 0 Å². The molecule has 1 atom stereocenters. The van der Waals surface area contributed by atoms with Gasteiger partial charge in [-0.15, -0.1) is 0 Å². The fraction of sp³-hybridized carbons (Fsp3) is 0.250. The lowest BCUT2D eigenvalue weighted by atomic mass is 10.0. The first kappa shape index (κ1) is 13.8. The fourth-order valence-electron chi connectivity index (χ4n) is 2.16. The predicted molar refractivity (Wildman–Crippen MR) is 81.0 cm³/mol. The number of phenolic OH excluding ortho intramolecular Hbond substituents is 1. The van der Waals surface area contributed by atoms with E-state index < -0.39 is 0 Å². The highest BCUT2D eigenvalue weighted by Crippen LogP contribution is 2.30. The van der Waals surface area contributed by atoms with Gasteiger partial charge in [0.1, 0.15) is 5.75 Å². The summed E-state index contributed by atoms with van der Waals surface area (Å²) >= 11 is 5.96. The van der Waals surface area contributed by atoms with Crippen molar-refractivity contribution in [2.45, 2.75) is 26.3 Å². The first-order valence-electron chi connectivity index (χ1n) is 6.42. The molecule has 0 amide bonds. The molecule has 0 aliphatic heterocycles. The highest BCUT2D eigenvalue weighted by Gasteiger charge is 2.13. The van der Waals surface area contributed by atoms with Gasteiger partial charge in [0, 0.05) is 16.3 Å². The highest BCUT2D eigenvalue weighted by molar-refractivity contribution is 6.30. The van der Waals surface area contributed by atoms with Crippen molar-refractivity contribution in [3.63, 3.8) is 0 Å². The molecule has 0 fully saturated rings. The predicted octanol–water partition coefficient (Wildman–Crippen LogP) is 4.92. The van der Waals surface area contributed by atoms with E-state index in [0.717, 1.165) is 28.3 Å². The molecule has 0 aromatic heterocycles. The van der Waals surface area contributed by atoms with Crippen molar-refractivity contribution in [2.75, 3.05) is 5.32 Å². The summed E-state index contributed by atoms with van der Waals surface area (Å²) in [6.07, 6.45) is 0.889. The number of halogens is 1. The molecule has 0 aliphatic carbocycles. The summed E-state index contributed by atoms with van der Waals surface area (Å²) in [7, 11) is 0. The van der Waals surface area contributed by atoms with Crippen molar-refractivity contribution >= 4 is 17.3 Å². The molecule has 2 rings (SSSR count). The van der Waals surface area contributed by atoms with E-state index in [1.165, 1.54) is 0 Å². The quantitative estimate of drug-likeness (QED) is 0.830. The van der Waals surface area contributed by atoms with Crippen LogP contribution in [0.25, 0.3) is 0 Å². The molecular weight excluding hydrogens is 258 g/mol. The Bertz CT molecular complexity index is 568. The number of anilines is 1. The molecule has 1 unspecified atom stereocenters. The van der Waals surface area contributed by atoms with Gasteiger partial charge in [-0.1, -0.05) is 36.7 Å². The van der Waals surface area contributed by atoms with Gasteiger partial charge in [0.05, 0.1) is 6.04 Å². The number of nitrogens with one attached hydrogen (secondary N) is 1. The van der Waals surface area contributed by atoms with Crippen LogP contribution in [0.4, 0.5) is 5.69 Å². The topological polar surface area (TPSA) is 32.3 Å². The van der Waals surface area contributed by atoms with Crippen LogP contribution in [-0.2, 0) is 0 Å². The van der Waals surface area contributed by atoms with Crippen molar-refractivity contribution in [1.82, 2.24) is 0 Å². The van der Waals surface area contributed by atoms with Gasteiger partial charge in [-0.05, 0) is 43.2 Å². The molecule has 2 aromatic carbocycles. The van der Waals surface area contributed by atoms with Gasteiger partial charge in [-0.25, -0.2) is 0 Å². The van der Waals surface area contributed by atoms with Crippen molar-refractivity contribution in [3.05, 3.63) is 58.6 Å². The molecular formula is C16H18ClNO. The molecule has 0 aliphatic rings. The summed E-state index contributed by atoms with van der Waals surface area (Å²) in [5, 5.41) is 14.1. The second-order valence-corrected chi connectivity index (χ2v) is 5.06. The zero-order chi connectivity index (χ0) is 13.8. The van der Waals surface area contributed by atoms with Gasteiger partial charge in [0.15, 0.2) is 0 Å². The standard InChI is InChI=1S/C16H18ClNO/c1-3-14(13-6-4-5-7-16(13)19)18-15-9-8-12(17)10-11(15)2/h4-10,14,18-19H,3H2,1-2H3. The van der Waals surface area contributed by atoms with Gasteiger partial charge in [-0.2, -0.15) is 0 Å². The Morgan fingerprint density at radius 1 is 1.21 bits per heavy atom. The lowest BCUT2D eigenvalue weighted by Gasteiger charge is -2.21. The van der Waals surface area contributed by atoms with Gasteiger partial charge in [0.2, 0.25) is 0 Å². The average molecular weight is 276 g/mol. The molecule has 0 heterocycles. The highest BCUT2D eigenvalue weighted by atomic mass is 35.5. The molecule has 0 spiro atoms. The maximum Gasteiger partial charge on any atom is 0.120 e. The van der Waals surface area contributed by atoms with Gasteiger partial charge >= 0.3 is 0 Å². The number of phenols is 1. The minimum atomic E-state index is 0.0843. The van der Waals surface area contributed by atoms with Crippen LogP contribution in [0.2, 0.25) is 5.02 Å². The van der Waals surface area contributed by atoms with E-state index in [2.05, 4.69) is 12.2 Å². The number of para-hydroxylation sites is 1. The van der Waals surface area contributed by atoms with E-state index in [4.69, 9.17) is 11.6 Å². The van der Waals surface area contributed by atoms with Gasteiger partial charge in [-0.3, -0.25) is 0 Å². The van der Waals surface area contributed by atoms with Crippen LogP contribution < -0.4 is 5.32 Å². The number of aromatic hydroxyl groups is 1. The van der Waals surface area contributed by atoms with E-state index >= 15 is 0 Å². The SMILES string of the molecule is CCC(Nc1ccc(Cl)cc1C)c1ccccc1O. The second kappa shape index (κ2) is 5.98. The third kappa shape index (κ3) is 3.21. The zero-order valence-corrected chi connectivity index (χ0v) is 11.9. The van der Waals surface area contributed by atoms with Crippen LogP contribution in [-0.4, -0.2) is 5.11 Å². The van der Waals surface area contributed by atoms with E-state index in [0.29, 0.717) is 5.75 Å². The first-order valence-corrected chi connectivity index (χ1v) is 6.80. The van der Waals surface area contributed by atoms with Crippen molar-refractivity contribution in [3.8, 4) is 5.75 Å². The molecule has 0 saturated heterocycles. The summed E-state index contributed by atoms with van der Waals surface area (Å²) in [5.74, 6) is 0.327. The van der Waals surface area contributed by atoms with Gasteiger partial charge < -0.3 is 10.4 Å². The Kier molecular flexibility index (Phi) is 4.33. The maximum absolute atomic E-state index is 9.94. The largest absolute Gasteiger partial charge is 0.508 e.